The molecule has 9 heteroatoms. The minimum absolute atomic E-state index is 0. The third-order valence-corrected chi connectivity index (χ3v) is 0.876. The number of aliphatic carboxylic acids is 1. The number of halogens is 2. The molecule has 0 spiro atoms. The van der Waals surface area contributed by atoms with E-state index in [1.807, 2.05) is 0 Å². The van der Waals surface area contributed by atoms with Crippen LogP contribution in [0.5, 0.6) is 0 Å². The number of alkyl halides is 2. The molecule has 4 N–H and O–H groups in total. The zero-order valence-corrected chi connectivity index (χ0v) is 7.87. The predicted octanol–water partition coefficient (Wildman–Crippen LogP) is -1.28. The second kappa shape index (κ2) is 8.38. The number of rotatable bonds is 1. The van der Waals surface area contributed by atoms with Crippen LogP contribution in [0.2, 0.25) is 0 Å². The fourth-order valence-corrected chi connectivity index (χ4v) is 0. The Bertz CT molecular complexity index is 126. The maximum absolute atomic E-state index is 9.84. The van der Waals surface area contributed by atoms with Crippen molar-refractivity contribution in [3.63, 3.8) is 0 Å². The summed E-state index contributed by atoms with van der Waals surface area (Å²) < 4.78 is -1.30. The summed E-state index contributed by atoms with van der Waals surface area (Å²) in [7, 11) is -2.17. The van der Waals surface area contributed by atoms with E-state index in [2.05, 4.69) is 15.9 Å². The van der Waals surface area contributed by atoms with Crippen molar-refractivity contribution in [3.05, 3.63) is 0 Å². The van der Waals surface area contributed by atoms with Crippen LogP contribution in [0.1, 0.15) is 6.92 Å². The molecule has 0 rings (SSSR count). The number of carbonyl (C=O) groups is 1. The molecule has 0 bridgehead atoms. The average Bonchev–Trinajstić information content (AvgIpc) is 1.59. The molecule has 1 atom stereocenters. The van der Waals surface area contributed by atoms with Gasteiger partial charge in [-0.15, -0.1) is 0 Å². The molecule has 0 radical (unpaired) electrons. The first-order chi connectivity index (χ1) is 4.68. The number of carboxylic acid groups (broad SMARTS) is 1. The Labute approximate surface area is 95.2 Å². The summed E-state index contributed by atoms with van der Waals surface area (Å²) in [5.41, 5.74) is 0. The molecule has 0 saturated heterocycles. The van der Waals surface area contributed by atoms with Crippen LogP contribution < -0.4 is 0 Å². The van der Waals surface area contributed by atoms with E-state index in [1.165, 1.54) is 6.92 Å². The quantitative estimate of drug-likeness (QED) is 0.346. The van der Waals surface area contributed by atoms with Gasteiger partial charge in [0.15, 0.2) is 3.78 Å². The van der Waals surface area contributed by atoms with Gasteiger partial charge in [0, 0.05) is 0 Å². The summed E-state index contributed by atoms with van der Waals surface area (Å²) in [6.45, 7) is 1.34. The maximum atomic E-state index is 9.84. The van der Waals surface area contributed by atoms with Gasteiger partial charge >= 0.3 is 32.2 Å². The van der Waals surface area contributed by atoms with Crippen molar-refractivity contribution in [2.75, 3.05) is 0 Å². The van der Waals surface area contributed by atoms with Crippen molar-refractivity contribution >= 4 is 59.7 Å². The average molecular weight is 257 g/mol. The molecule has 0 aliphatic carbocycles. The van der Waals surface area contributed by atoms with Crippen molar-refractivity contribution in [1.82, 2.24) is 0 Å². The third kappa shape index (κ3) is 22.4. The third-order valence-electron chi connectivity index (χ3n) is 0.376. The van der Waals surface area contributed by atoms with Crippen LogP contribution in [-0.4, -0.2) is 56.1 Å². The van der Waals surface area contributed by atoms with E-state index < -0.39 is 17.1 Å². The van der Waals surface area contributed by atoms with Crippen LogP contribution in [-0.2, 0) is 4.79 Å². The van der Waals surface area contributed by atoms with E-state index in [0.717, 1.165) is 0 Å². The Kier molecular flexibility index (Phi) is 13.0. The van der Waals surface area contributed by atoms with Gasteiger partial charge in [-0.3, -0.25) is 0 Å². The molecule has 0 fully saturated rings. The molecule has 0 aromatic heterocycles. The van der Waals surface area contributed by atoms with Crippen LogP contribution in [0.3, 0.4) is 0 Å². The molecule has 68 valence electrons. The second-order valence-electron chi connectivity index (χ2n) is 1.54. The van der Waals surface area contributed by atoms with Crippen molar-refractivity contribution < 1.29 is 25.0 Å². The van der Waals surface area contributed by atoms with E-state index in [0.29, 0.717) is 0 Å². The topological polar surface area (TPSA) is 98.0 Å². The summed E-state index contributed by atoms with van der Waals surface area (Å²) in [5, 5.41) is 29.6. The molecule has 0 aliphatic rings. The van der Waals surface area contributed by atoms with Crippen LogP contribution in [0.4, 0.5) is 0 Å². The molecule has 12 heavy (non-hydrogen) atoms. The summed E-state index contributed by atoms with van der Waals surface area (Å²) >= 11 is 7.89. The molecule has 0 aliphatic heterocycles. The Balaban J connectivity index is -0.000000142. The predicted molar refractivity (Wildman–Crippen MR) is 50.4 cm³/mol. The molecule has 0 aromatic carbocycles. The number of hydrogen-bond acceptors (Lipinski definition) is 4. The van der Waals surface area contributed by atoms with Crippen molar-refractivity contribution in [2.24, 2.45) is 0 Å². The molecule has 0 amide bonds. The van der Waals surface area contributed by atoms with Gasteiger partial charge in [-0.2, -0.15) is 0 Å². The van der Waals surface area contributed by atoms with Gasteiger partial charge in [0.1, 0.15) is 0 Å². The summed E-state index contributed by atoms with van der Waals surface area (Å²) in [6, 6.07) is 0. The standard InChI is InChI=1S/C3H4BrClO2.BH3O3.Li.H/c1-3(4,5)2(6)7;2-1(3)4;;/h1H3,(H,6,7);2-4H;;. The van der Waals surface area contributed by atoms with Gasteiger partial charge in [-0.25, -0.2) is 4.79 Å². The first-order valence-corrected chi connectivity index (χ1v) is 3.50. The van der Waals surface area contributed by atoms with Crippen LogP contribution in [0.15, 0.2) is 0 Å². The van der Waals surface area contributed by atoms with Crippen LogP contribution >= 0.6 is 27.5 Å². The van der Waals surface area contributed by atoms with E-state index in [-0.39, 0.29) is 18.9 Å². The van der Waals surface area contributed by atoms with Crippen molar-refractivity contribution in [3.8, 4) is 0 Å². The number of hydrogen-bond donors (Lipinski definition) is 4. The summed E-state index contributed by atoms with van der Waals surface area (Å²) in [5.74, 6) is -1.07. The first-order valence-electron chi connectivity index (χ1n) is 2.33. The molecule has 0 heterocycles. The molecule has 5 nitrogen and oxygen atoms in total. The van der Waals surface area contributed by atoms with Gasteiger partial charge < -0.3 is 20.2 Å². The van der Waals surface area contributed by atoms with Gasteiger partial charge in [0.2, 0.25) is 0 Å². The van der Waals surface area contributed by atoms with E-state index in [4.69, 9.17) is 31.8 Å². The van der Waals surface area contributed by atoms with Crippen LogP contribution in [0, 0.1) is 0 Å². The van der Waals surface area contributed by atoms with Gasteiger partial charge in [0.25, 0.3) is 0 Å². The fraction of sp³-hybridized carbons (Fsp3) is 0.667. The van der Waals surface area contributed by atoms with Crippen molar-refractivity contribution in [1.29, 1.82) is 0 Å². The molecular formula is C3H8BBrClLiO5. The van der Waals surface area contributed by atoms with E-state index >= 15 is 0 Å². The van der Waals surface area contributed by atoms with E-state index in [9.17, 15) is 4.79 Å². The Morgan fingerprint density at radius 1 is 1.50 bits per heavy atom. The Morgan fingerprint density at radius 2 is 1.58 bits per heavy atom. The minimum atomic E-state index is -2.17. The summed E-state index contributed by atoms with van der Waals surface area (Å²) in [6.07, 6.45) is 0. The Hall–Kier alpha value is 0.782. The molecular weight excluding hydrogens is 249 g/mol. The Morgan fingerprint density at radius 3 is 1.58 bits per heavy atom. The second-order valence-corrected chi connectivity index (χ2v) is 4.34. The normalized spacial score (nSPS) is 12.8. The van der Waals surface area contributed by atoms with Crippen molar-refractivity contribution in [2.45, 2.75) is 10.7 Å². The van der Waals surface area contributed by atoms with Gasteiger partial charge in [-0.1, -0.05) is 27.5 Å². The molecule has 0 aromatic rings. The first kappa shape index (κ1) is 18.5. The fourth-order valence-electron chi connectivity index (χ4n) is 0. The SMILES string of the molecule is CC(Cl)(Br)C(=O)O.OB(O)O.[LiH]. The van der Waals surface area contributed by atoms with E-state index in [1.54, 1.807) is 0 Å². The molecule has 0 saturated carbocycles. The molecule has 1 unspecified atom stereocenters. The number of carboxylic acids is 1. The summed E-state index contributed by atoms with van der Waals surface area (Å²) in [4.78, 5) is 9.84. The van der Waals surface area contributed by atoms with Crippen LogP contribution in [0.25, 0.3) is 0 Å². The van der Waals surface area contributed by atoms with Gasteiger partial charge in [-0.05, 0) is 6.92 Å². The zero-order chi connectivity index (χ0) is 9.65. The zero-order valence-electron chi connectivity index (χ0n) is 5.53. The van der Waals surface area contributed by atoms with Gasteiger partial charge in [0.05, 0.1) is 0 Å². The monoisotopic (exact) mass is 256 g/mol.